The van der Waals surface area contributed by atoms with Crippen LogP contribution >= 0.6 is 0 Å². The van der Waals surface area contributed by atoms with Gasteiger partial charge in [-0.05, 0) is 31.4 Å². The quantitative estimate of drug-likeness (QED) is 0.736. The molecule has 0 amide bonds. The molecule has 1 atom stereocenters. The molecule has 1 fully saturated rings. The maximum atomic E-state index is 6.10. The molecule has 0 saturated carbocycles. The van der Waals surface area contributed by atoms with Crippen LogP contribution in [0.15, 0.2) is 42.9 Å². The van der Waals surface area contributed by atoms with Crippen molar-refractivity contribution in [1.29, 1.82) is 0 Å². The zero-order chi connectivity index (χ0) is 14.9. The number of ether oxygens (including phenoxy) is 1. The lowest BCUT2D eigenvalue weighted by Gasteiger charge is -2.24. The smallest absolute Gasteiger partial charge is 0.146 e. The fraction of sp³-hybridized carbons (Fsp3) is 0.294. The number of aromatic nitrogens is 3. The number of nitrogens with two attached hydrogens (primary N) is 1. The molecule has 5 nitrogen and oxygen atoms in total. The third kappa shape index (κ3) is 2.14. The number of nitrogen functional groups attached to an aromatic ring is 1. The van der Waals surface area contributed by atoms with Crippen molar-refractivity contribution >= 4 is 16.7 Å². The fourth-order valence-corrected chi connectivity index (χ4v) is 3.07. The summed E-state index contributed by atoms with van der Waals surface area (Å²) in [5.41, 5.74) is 9.55. The molecular formula is C17H18N4O. The van der Waals surface area contributed by atoms with E-state index in [1.807, 2.05) is 30.5 Å². The van der Waals surface area contributed by atoms with E-state index in [4.69, 9.17) is 10.5 Å². The Bertz CT molecular complexity index is 805. The zero-order valence-corrected chi connectivity index (χ0v) is 12.3. The van der Waals surface area contributed by atoms with E-state index >= 15 is 0 Å². The first kappa shape index (κ1) is 13.3. The van der Waals surface area contributed by atoms with Gasteiger partial charge in [0.2, 0.25) is 0 Å². The number of fused-ring (bicyclic) bond motifs is 1. The van der Waals surface area contributed by atoms with Crippen molar-refractivity contribution in [2.45, 2.75) is 25.5 Å². The number of rotatable bonds is 2. The highest BCUT2D eigenvalue weighted by Crippen LogP contribution is 2.32. The zero-order valence-electron chi connectivity index (χ0n) is 12.3. The van der Waals surface area contributed by atoms with E-state index in [0.29, 0.717) is 0 Å². The van der Waals surface area contributed by atoms with E-state index in [2.05, 4.69) is 20.6 Å². The van der Waals surface area contributed by atoms with Gasteiger partial charge in [-0.1, -0.05) is 18.2 Å². The summed E-state index contributed by atoms with van der Waals surface area (Å²) in [7, 11) is 0. The Morgan fingerprint density at radius 3 is 2.86 bits per heavy atom. The van der Waals surface area contributed by atoms with Crippen LogP contribution in [0, 0.1) is 0 Å². The third-order valence-electron chi connectivity index (χ3n) is 4.19. The molecule has 3 heterocycles. The minimum Gasteiger partial charge on any atom is -0.398 e. The second-order valence-electron chi connectivity index (χ2n) is 5.59. The van der Waals surface area contributed by atoms with Gasteiger partial charge in [0.05, 0.1) is 5.69 Å². The molecule has 1 aromatic carbocycles. The van der Waals surface area contributed by atoms with Gasteiger partial charge in [-0.2, -0.15) is 0 Å². The van der Waals surface area contributed by atoms with Gasteiger partial charge in [-0.25, -0.2) is 9.97 Å². The van der Waals surface area contributed by atoms with Gasteiger partial charge in [-0.3, -0.25) is 0 Å². The first-order valence-electron chi connectivity index (χ1n) is 7.62. The van der Waals surface area contributed by atoms with Crippen LogP contribution in [-0.2, 0) is 4.74 Å². The van der Waals surface area contributed by atoms with E-state index < -0.39 is 0 Å². The van der Waals surface area contributed by atoms with Crippen LogP contribution in [0.5, 0.6) is 0 Å². The highest BCUT2D eigenvalue weighted by Gasteiger charge is 2.19. The summed E-state index contributed by atoms with van der Waals surface area (Å²) in [5.74, 6) is 0. The van der Waals surface area contributed by atoms with Crippen molar-refractivity contribution in [3.8, 4) is 11.3 Å². The number of hydrogen-bond donors (Lipinski definition) is 1. The van der Waals surface area contributed by atoms with E-state index in [1.165, 1.54) is 6.42 Å². The Morgan fingerprint density at radius 2 is 2.05 bits per heavy atom. The summed E-state index contributed by atoms with van der Waals surface area (Å²) in [6.07, 6.45) is 7.06. The van der Waals surface area contributed by atoms with E-state index in [1.54, 1.807) is 6.33 Å². The SMILES string of the molecule is Nc1ccccc1-c1ncnc2c1ccn2C1CCCCO1. The lowest BCUT2D eigenvalue weighted by atomic mass is 10.1. The standard InChI is InChI=1S/C17H18N4O/c18-14-6-2-1-5-12(14)16-13-8-9-21(17(13)20-11-19-16)15-7-3-4-10-22-15/h1-2,5-6,8-9,11,15H,3-4,7,10,18H2. The molecule has 4 rings (SSSR count). The second kappa shape index (κ2) is 5.42. The summed E-state index contributed by atoms with van der Waals surface area (Å²) in [5, 5.41) is 1.01. The van der Waals surface area contributed by atoms with Crippen molar-refractivity contribution in [3.63, 3.8) is 0 Å². The molecule has 0 spiro atoms. The lowest BCUT2D eigenvalue weighted by Crippen LogP contribution is -2.17. The number of para-hydroxylation sites is 1. The Labute approximate surface area is 128 Å². The molecule has 1 aliphatic rings. The average molecular weight is 294 g/mol. The van der Waals surface area contributed by atoms with Crippen molar-refractivity contribution in [1.82, 2.24) is 14.5 Å². The van der Waals surface area contributed by atoms with Crippen LogP contribution in [-0.4, -0.2) is 21.1 Å². The molecule has 1 saturated heterocycles. The lowest BCUT2D eigenvalue weighted by molar-refractivity contribution is -0.0294. The first-order chi connectivity index (χ1) is 10.8. The van der Waals surface area contributed by atoms with E-state index in [0.717, 1.165) is 47.4 Å². The fourth-order valence-electron chi connectivity index (χ4n) is 3.07. The van der Waals surface area contributed by atoms with Gasteiger partial charge in [-0.15, -0.1) is 0 Å². The maximum absolute atomic E-state index is 6.10. The molecule has 0 radical (unpaired) electrons. The van der Waals surface area contributed by atoms with Crippen LogP contribution in [0.3, 0.4) is 0 Å². The molecule has 22 heavy (non-hydrogen) atoms. The van der Waals surface area contributed by atoms with Crippen LogP contribution in [0.1, 0.15) is 25.5 Å². The predicted molar refractivity (Wildman–Crippen MR) is 86.2 cm³/mol. The van der Waals surface area contributed by atoms with Crippen molar-refractivity contribution in [3.05, 3.63) is 42.9 Å². The van der Waals surface area contributed by atoms with Gasteiger partial charge >= 0.3 is 0 Å². The predicted octanol–water partition coefficient (Wildman–Crippen LogP) is 3.38. The third-order valence-corrected chi connectivity index (χ3v) is 4.19. The molecule has 2 aromatic heterocycles. The molecule has 2 N–H and O–H groups in total. The Balaban J connectivity index is 1.85. The van der Waals surface area contributed by atoms with E-state index in [-0.39, 0.29) is 6.23 Å². The van der Waals surface area contributed by atoms with Crippen molar-refractivity contribution in [2.24, 2.45) is 0 Å². The molecule has 5 heteroatoms. The van der Waals surface area contributed by atoms with Crippen molar-refractivity contribution < 1.29 is 4.74 Å². The molecule has 3 aromatic rings. The van der Waals surface area contributed by atoms with Gasteiger partial charge in [0.15, 0.2) is 0 Å². The Hall–Kier alpha value is -2.40. The average Bonchev–Trinajstić information content (AvgIpc) is 3.00. The molecule has 112 valence electrons. The largest absolute Gasteiger partial charge is 0.398 e. The maximum Gasteiger partial charge on any atom is 0.146 e. The summed E-state index contributed by atoms with van der Waals surface area (Å²) in [6.45, 7) is 0.813. The highest BCUT2D eigenvalue weighted by atomic mass is 16.5. The summed E-state index contributed by atoms with van der Waals surface area (Å²) in [6, 6.07) is 9.84. The second-order valence-corrected chi connectivity index (χ2v) is 5.59. The Kier molecular flexibility index (Phi) is 3.27. The van der Waals surface area contributed by atoms with Crippen LogP contribution in [0.4, 0.5) is 5.69 Å². The number of benzene rings is 1. The normalized spacial score (nSPS) is 18.6. The van der Waals surface area contributed by atoms with Gasteiger partial charge in [0.1, 0.15) is 18.2 Å². The topological polar surface area (TPSA) is 66.0 Å². The number of anilines is 1. The Morgan fingerprint density at radius 1 is 1.14 bits per heavy atom. The van der Waals surface area contributed by atoms with Crippen LogP contribution < -0.4 is 5.73 Å². The first-order valence-corrected chi connectivity index (χ1v) is 7.62. The highest BCUT2D eigenvalue weighted by molar-refractivity contribution is 5.94. The van der Waals surface area contributed by atoms with Gasteiger partial charge in [0.25, 0.3) is 0 Å². The summed E-state index contributed by atoms with van der Waals surface area (Å²) >= 11 is 0. The number of nitrogens with zero attached hydrogens (tertiary/aromatic N) is 3. The number of hydrogen-bond acceptors (Lipinski definition) is 4. The minimum atomic E-state index is 0.0714. The summed E-state index contributed by atoms with van der Waals surface area (Å²) in [4.78, 5) is 8.91. The molecule has 0 bridgehead atoms. The van der Waals surface area contributed by atoms with Gasteiger partial charge in [0, 0.05) is 29.4 Å². The monoisotopic (exact) mass is 294 g/mol. The van der Waals surface area contributed by atoms with Crippen LogP contribution in [0.25, 0.3) is 22.3 Å². The molecular weight excluding hydrogens is 276 g/mol. The van der Waals surface area contributed by atoms with Crippen molar-refractivity contribution in [2.75, 3.05) is 12.3 Å². The minimum absolute atomic E-state index is 0.0714. The molecule has 1 unspecified atom stereocenters. The van der Waals surface area contributed by atoms with E-state index in [9.17, 15) is 0 Å². The molecule has 1 aliphatic heterocycles. The van der Waals surface area contributed by atoms with Crippen LogP contribution in [0.2, 0.25) is 0 Å². The van der Waals surface area contributed by atoms with Gasteiger partial charge < -0.3 is 15.0 Å². The summed E-state index contributed by atoms with van der Waals surface area (Å²) < 4.78 is 7.99. The molecule has 0 aliphatic carbocycles.